The minimum absolute atomic E-state index is 0.238. The first-order valence-corrected chi connectivity index (χ1v) is 6.98. The number of aryl methyl sites for hydroxylation is 2. The molecule has 9 heteroatoms. The average Bonchev–Trinajstić information content (AvgIpc) is 2.85. The molecular weight excluding hydrogens is 292 g/mol. The molecule has 0 spiro atoms. The molecule has 0 N–H and O–H groups in total. The minimum atomic E-state index is 0.238. The van der Waals surface area contributed by atoms with Gasteiger partial charge < -0.3 is 0 Å². The number of hydrogen-bond donors (Lipinski definition) is 0. The summed E-state index contributed by atoms with van der Waals surface area (Å²) in [5.41, 5.74) is 0. The van der Waals surface area contributed by atoms with Gasteiger partial charge in [-0.3, -0.25) is 0 Å². The van der Waals surface area contributed by atoms with E-state index in [1.165, 1.54) is 16.6 Å². The Kier molecular flexibility index (Phi) is 2.92. The zero-order valence-corrected chi connectivity index (χ0v) is 11.8. The van der Waals surface area contributed by atoms with Crippen molar-refractivity contribution in [1.82, 2.24) is 30.2 Å². The van der Waals surface area contributed by atoms with E-state index in [0.29, 0.717) is 5.16 Å². The molecule has 0 fully saturated rings. The normalized spacial score (nSPS) is 11.3. The van der Waals surface area contributed by atoms with Gasteiger partial charge in [0.15, 0.2) is 0 Å². The van der Waals surface area contributed by atoms with Crippen LogP contribution in [-0.2, 0) is 7.05 Å². The van der Waals surface area contributed by atoms with E-state index in [0.717, 1.165) is 15.2 Å². The first kappa shape index (κ1) is 11.8. The first-order valence-electron chi connectivity index (χ1n) is 4.97. The second-order valence-electron chi connectivity index (χ2n) is 3.56. The van der Waals surface area contributed by atoms with Crippen LogP contribution in [0.2, 0.25) is 5.28 Å². The summed E-state index contributed by atoms with van der Waals surface area (Å²) in [5.74, 6) is 0. The molecule has 3 aromatic heterocycles. The Morgan fingerprint density at radius 1 is 1.39 bits per heavy atom. The smallest absolute Gasteiger partial charge is 0.223 e. The Bertz CT molecular complexity index is 721. The monoisotopic (exact) mass is 298 g/mol. The van der Waals surface area contributed by atoms with Gasteiger partial charge in [-0.15, -0.1) is 16.4 Å². The summed E-state index contributed by atoms with van der Waals surface area (Å²) < 4.78 is 1.59. The van der Waals surface area contributed by atoms with E-state index < -0.39 is 0 Å². The zero-order valence-electron chi connectivity index (χ0n) is 9.46. The van der Waals surface area contributed by atoms with Crippen molar-refractivity contribution in [2.45, 2.75) is 17.1 Å². The number of hydrogen-bond acceptors (Lipinski definition) is 7. The molecule has 3 aromatic rings. The molecule has 0 aliphatic heterocycles. The quantitative estimate of drug-likeness (QED) is 0.534. The molecule has 0 saturated heterocycles. The number of nitrogens with zero attached hydrogens (tertiary/aromatic N) is 6. The lowest BCUT2D eigenvalue weighted by molar-refractivity contribution is 0.664. The molecule has 0 unspecified atom stereocenters. The van der Waals surface area contributed by atoms with Crippen LogP contribution in [0.4, 0.5) is 0 Å². The topological polar surface area (TPSA) is 69.4 Å². The maximum Gasteiger partial charge on any atom is 0.224 e. The highest BCUT2D eigenvalue weighted by Crippen LogP contribution is 2.34. The van der Waals surface area contributed by atoms with Crippen molar-refractivity contribution in [1.29, 1.82) is 0 Å². The van der Waals surface area contributed by atoms with E-state index in [2.05, 4.69) is 25.5 Å². The van der Waals surface area contributed by atoms with Gasteiger partial charge in [0.05, 0.1) is 0 Å². The van der Waals surface area contributed by atoms with Gasteiger partial charge in [-0.1, -0.05) is 0 Å². The molecule has 0 bridgehead atoms. The van der Waals surface area contributed by atoms with Crippen molar-refractivity contribution in [3.8, 4) is 0 Å². The van der Waals surface area contributed by atoms with Gasteiger partial charge in [0.1, 0.15) is 9.86 Å². The van der Waals surface area contributed by atoms with Crippen LogP contribution in [0.15, 0.2) is 16.2 Å². The van der Waals surface area contributed by atoms with Crippen molar-refractivity contribution < 1.29 is 0 Å². The lowest BCUT2D eigenvalue weighted by atomic mass is 10.4. The zero-order chi connectivity index (χ0) is 12.7. The lowest BCUT2D eigenvalue weighted by Crippen LogP contribution is -1.94. The minimum Gasteiger partial charge on any atom is -0.223 e. The third kappa shape index (κ3) is 2.06. The molecule has 6 nitrogen and oxygen atoms in total. The number of fused-ring (bicyclic) bond motifs is 1. The summed E-state index contributed by atoms with van der Waals surface area (Å²) in [4.78, 5) is 10.5. The summed E-state index contributed by atoms with van der Waals surface area (Å²) in [7, 11) is 1.78. The van der Waals surface area contributed by atoms with Crippen LogP contribution in [-0.4, -0.2) is 30.2 Å². The molecule has 18 heavy (non-hydrogen) atoms. The number of rotatable bonds is 2. The van der Waals surface area contributed by atoms with Gasteiger partial charge in [-0.25, -0.2) is 14.6 Å². The van der Waals surface area contributed by atoms with Gasteiger partial charge in [0.2, 0.25) is 10.4 Å². The Balaban J connectivity index is 2.13. The highest BCUT2D eigenvalue weighted by atomic mass is 35.5. The van der Waals surface area contributed by atoms with Crippen LogP contribution in [0.3, 0.4) is 0 Å². The number of aromatic nitrogens is 6. The van der Waals surface area contributed by atoms with Crippen LogP contribution in [0.1, 0.15) is 4.88 Å². The predicted octanol–water partition coefficient (Wildman–Crippen LogP) is 2.33. The Labute approximate surface area is 115 Å². The fraction of sp³-hybridized carbons (Fsp3) is 0.222. The fourth-order valence-corrected chi connectivity index (χ4v) is 3.49. The van der Waals surface area contributed by atoms with Crippen molar-refractivity contribution in [3.63, 3.8) is 0 Å². The van der Waals surface area contributed by atoms with E-state index in [1.807, 2.05) is 13.0 Å². The van der Waals surface area contributed by atoms with Crippen molar-refractivity contribution in [3.05, 3.63) is 16.2 Å². The Morgan fingerprint density at radius 3 is 2.94 bits per heavy atom. The number of halogens is 1. The summed E-state index contributed by atoms with van der Waals surface area (Å²) in [6.07, 6.45) is 0. The van der Waals surface area contributed by atoms with Crippen LogP contribution in [0.5, 0.6) is 0 Å². The largest absolute Gasteiger partial charge is 0.224 e. The summed E-state index contributed by atoms with van der Waals surface area (Å²) in [6, 6.07) is 2.04. The van der Waals surface area contributed by atoms with E-state index in [-0.39, 0.29) is 5.28 Å². The first-order chi connectivity index (χ1) is 8.63. The maximum atomic E-state index is 5.93. The van der Waals surface area contributed by atoms with Crippen LogP contribution in [0, 0.1) is 6.92 Å². The lowest BCUT2D eigenvalue weighted by Gasteiger charge is -2.00. The molecule has 0 radical (unpaired) electrons. The van der Waals surface area contributed by atoms with E-state index in [1.54, 1.807) is 23.1 Å². The number of tetrazole rings is 1. The molecule has 0 aliphatic rings. The summed E-state index contributed by atoms with van der Waals surface area (Å²) in [6.45, 7) is 2.03. The van der Waals surface area contributed by atoms with Gasteiger partial charge >= 0.3 is 0 Å². The molecule has 0 amide bonds. The fourth-order valence-electron chi connectivity index (χ4n) is 1.46. The second kappa shape index (κ2) is 4.45. The van der Waals surface area contributed by atoms with Gasteiger partial charge in [0.25, 0.3) is 0 Å². The Hall–Kier alpha value is -1.25. The molecule has 0 aromatic carbocycles. The standard InChI is InChI=1S/C9H7ClN6S2/c1-4-3-5-6(17-4)11-8(10)12-7(5)18-9-13-14-15-16(9)2/h3H,1-2H3. The van der Waals surface area contributed by atoms with E-state index in [9.17, 15) is 0 Å². The number of thiophene rings is 1. The predicted molar refractivity (Wildman–Crippen MR) is 70.1 cm³/mol. The highest BCUT2D eigenvalue weighted by molar-refractivity contribution is 7.99. The summed E-state index contributed by atoms with van der Waals surface area (Å²) >= 11 is 8.89. The Morgan fingerprint density at radius 2 is 2.22 bits per heavy atom. The van der Waals surface area contributed by atoms with Crippen molar-refractivity contribution in [2.24, 2.45) is 7.05 Å². The third-order valence-corrected chi connectivity index (χ3v) is 4.37. The second-order valence-corrected chi connectivity index (χ2v) is 6.09. The van der Waals surface area contributed by atoms with E-state index in [4.69, 9.17) is 11.6 Å². The molecule has 0 saturated carbocycles. The summed E-state index contributed by atoms with van der Waals surface area (Å²) in [5, 5.41) is 13.9. The van der Waals surface area contributed by atoms with Crippen LogP contribution >= 0.6 is 34.7 Å². The maximum absolute atomic E-state index is 5.93. The third-order valence-electron chi connectivity index (χ3n) is 2.22. The van der Waals surface area contributed by atoms with Gasteiger partial charge in [-0.05, 0) is 46.8 Å². The SMILES string of the molecule is Cc1cc2c(Sc3nnnn3C)nc(Cl)nc2s1. The molecule has 0 aliphatic carbocycles. The molecule has 0 atom stereocenters. The van der Waals surface area contributed by atoms with Crippen LogP contribution < -0.4 is 0 Å². The molecule has 92 valence electrons. The molecule has 3 heterocycles. The van der Waals surface area contributed by atoms with Crippen LogP contribution in [0.25, 0.3) is 10.2 Å². The highest BCUT2D eigenvalue weighted by Gasteiger charge is 2.13. The van der Waals surface area contributed by atoms with Gasteiger partial charge in [0, 0.05) is 17.3 Å². The molecule has 3 rings (SSSR count). The van der Waals surface area contributed by atoms with Crippen molar-refractivity contribution >= 4 is 44.9 Å². The van der Waals surface area contributed by atoms with Crippen molar-refractivity contribution in [2.75, 3.05) is 0 Å². The molecular formula is C9H7ClN6S2. The van der Waals surface area contributed by atoms with E-state index >= 15 is 0 Å². The average molecular weight is 299 g/mol. The van der Waals surface area contributed by atoms with Gasteiger partial charge in [-0.2, -0.15) is 0 Å².